The minimum absolute atomic E-state index is 0.161. The van der Waals surface area contributed by atoms with Crippen molar-refractivity contribution in [3.63, 3.8) is 0 Å². The van der Waals surface area contributed by atoms with Crippen LogP contribution in [0.25, 0.3) is 0 Å². The fourth-order valence-electron chi connectivity index (χ4n) is 2.67. The second-order valence-electron chi connectivity index (χ2n) is 5.15. The predicted octanol–water partition coefficient (Wildman–Crippen LogP) is 3.08. The van der Waals surface area contributed by atoms with Crippen LogP contribution < -0.4 is 5.48 Å². The van der Waals surface area contributed by atoms with Crippen LogP contribution in [0.3, 0.4) is 0 Å². The smallest absolute Gasteiger partial charge is 0.267 e. The molecule has 2 rings (SSSR count). The Morgan fingerprint density at radius 3 is 2.75 bits per heavy atom. The Hall–Kier alpha value is -1.86. The zero-order chi connectivity index (χ0) is 14.4. The maximum atomic E-state index is 12.3. The number of carbonyl (C=O) groups is 1. The Labute approximate surface area is 118 Å². The molecule has 0 bridgehead atoms. The van der Waals surface area contributed by atoms with Crippen LogP contribution in [0, 0.1) is 23.9 Å². The Bertz CT molecular complexity index is 506. The summed E-state index contributed by atoms with van der Waals surface area (Å²) in [5, 5.41) is 0. The van der Waals surface area contributed by atoms with E-state index in [1.807, 2.05) is 6.07 Å². The molecule has 1 aromatic carbocycles. The molecule has 0 saturated heterocycles. The summed E-state index contributed by atoms with van der Waals surface area (Å²) in [7, 11) is 0. The van der Waals surface area contributed by atoms with Crippen LogP contribution in [0.5, 0.6) is 0 Å². The molecule has 20 heavy (non-hydrogen) atoms. The lowest BCUT2D eigenvalue weighted by Crippen LogP contribution is -2.34. The highest BCUT2D eigenvalue weighted by atomic mass is 19.1. The van der Waals surface area contributed by atoms with Gasteiger partial charge in [0, 0.05) is 11.5 Å². The van der Waals surface area contributed by atoms with Crippen molar-refractivity contribution < 1.29 is 14.0 Å². The fraction of sp³-hybridized carbons (Fsp3) is 0.438. The van der Waals surface area contributed by atoms with Crippen molar-refractivity contribution in [1.82, 2.24) is 5.48 Å². The topological polar surface area (TPSA) is 38.3 Å². The zero-order valence-corrected chi connectivity index (χ0v) is 11.4. The molecular formula is C16H18FNO2. The maximum Gasteiger partial charge on any atom is 0.274 e. The van der Waals surface area contributed by atoms with Crippen molar-refractivity contribution in [2.45, 2.75) is 32.3 Å². The average Bonchev–Trinajstić information content (AvgIpc) is 2.90. The number of rotatable bonds is 4. The van der Waals surface area contributed by atoms with Gasteiger partial charge in [-0.05, 0) is 30.4 Å². The standard InChI is InChI=1S/C16H18FNO2/c1-12-6-5-9-14(12)15(10-11-17)20-18-16(19)13-7-3-2-4-8-13/h2-4,7-8,12,14-15H,5-6,9H2,1H3,(H,18,19). The average molecular weight is 275 g/mol. The van der Waals surface area contributed by atoms with Gasteiger partial charge in [-0.1, -0.05) is 38.0 Å². The highest BCUT2D eigenvalue weighted by Gasteiger charge is 2.31. The van der Waals surface area contributed by atoms with Crippen LogP contribution >= 0.6 is 0 Å². The first-order valence-corrected chi connectivity index (χ1v) is 6.84. The SMILES string of the molecule is CC1CCCC1C(C#CF)ONC(=O)c1ccccc1. The molecule has 4 heteroatoms. The monoisotopic (exact) mass is 275 g/mol. The van der Waals surface area contributed by atoms with Gasteiger partial charge in [-0.15, -0.1) is 4.39 Å². The second-order valence-corrected chi connectivity index (χ2v) is 5.15. The first-order valence-electron chi connectivity index (χ1n) is 6.84. The first kappa shape index (κ1) is 14.5. The number of halogens is 1. The van der Waals surface area contributed by atoms with E-state index in [0.717, 1.165) is 19.3 Å². The van der Waals surface area contributed by atoms with Crippen molar-refractivity contribution in [2.24, 2.45) is 11.8 Å². The summed E-state index contributed by atoms with van der Waals surface area (Å²) < 4.78 is 12.3. The highest BCUT2D eigenvalue weighted by Crippen LogP contribution is 2.34. The molecule has 1 fully saturated rings. The summed E-state index contributed by atoms with van der Waals surface area (Å²) in [6.07, 6.45) is 3.93. The Balaban J connectivity index is 1.95. The van der Waals surface area contributed by atoms with Crippen LogP contribution in [0.15, 0.2) is 30.3 Å². The Morgan fingerprint density at radius 1 is 1.40 bits per heavy atom. The number of hydrogen-bond donors (Lipinski definition) is 1. The molecule has 1 amide bonds. The van der Waals surface area contributed by atoms with E-state index < -0.39 is 6.10 Å². The van der Waals surface area contributed by atoms with E-state index in [4.69, 9.17) is 4.84 Å². The van der Waals surface area contributed by atoms with Gasteiger partial charge in [-0.25, -0.2) is 5.48 Å². The predicted molar refractivity (Wildman–Crippen MR) is 74.2 cm³/mol. The van der Waals surface area contributed by atoms with Crippen molar-refractivity contribution >= 4 is 5.91 Å². The van der Waals surface area contributed by atoms with Gasteiger partial charge in [0.25, 0.3) is 5.91 Å². The van der Waals surface area contributed by atoms with E-state index >= 15 is 0 Å². The first-order chi connectivity index (χ1) is 9.72. The van der Waals surface area contributed by atoms with E-state index in [0.29, 0.717) is 11.5 Å². The fourth-order valence-corrected chi connectivity index (χ4v) is 2.67. The van der Waals surface area contributed by atoms with Gasteiger partial charge in [0.1, 0.15) is 6.17 Å². The number of nitrogens with one attached hydrogen (secondary N) is 1. The molecule has 0 aromatic heterocycles. The molecule has 0 heterocycles. The van der Waals surface area contributed by atoms with E-state index in [1.54, 1.807) is 24.3 Å². The van der Waals surface area contributed by atoms with E-state index in [-0.39, 0.29) is 11.8 Å². The molecule has 1 saturated carbocycles. The number of benzene rings is 1. The molecule has 1 aliphatic carbocycles. The molecule has 106 valence electrons. The number of carbonyl (C=O) groups excluding carboxylic acids is 1. The summed E-state index contributed by atoms with van der Waals surface area (Å²) >= 11 is 0. The molecule has 3 unspecified atom stereocenters. The van der Waals surface area contributed by atoms with Gasteiger partial charge >= 0.3 is 0 Å². The van der Waals surface area contributed by atoms with Crippen LogP contribution in [0.1, 0.15) is 36.5 Å². The van der Waals surface area contributed by atoms with Crippen molar-refractivity contribution in [1.29, 1.82) is 0 Å². The Morgan fingerprint density at radius 2 is 2.15 bits per heavy atom. The third-order valence-corrected chi connectivity index (χ3v) is 3.83. The highest BCUT2D eigenvalue weighted by molar-refractivity contribution is 5.93. The number of amides is 1. The number of hydroxylamine groups is 1. The maximum absolute atomic E-state index is 12.3. The van der Waals surface area contributed by atoms with Crippen LogP contribution in [0.2, 0.25) is 0 Å². The molecule has 3 nitrogen and oxygen atoms in total. The lowest BCUT2D eigenvalue weighted by molar-refractivity contribution is -0.0212. The van der Waals surface area contributed by atoms with Crippen LogP contribution in [-0.2, 0) is 4.84 Å². The van der Waals surface area contributed by atoms with Crippen LogP contribution in [0.4, 0.5) is 4.39 Å². The molecular weight excluding hydrogens is 257 g/mol. The van der Waals surface area contributed by atoms with Crippen molar-refractivity contribution in [3.05, 3.63) is 35.9 Å². The lowest BCUT2D eigenvalue weighted by atomic mass is 9.93. The molecule has 1 aliphatic rings. The van der Waals surface area contributed by atoms with Gasteiger partial charge in [0.2, 0.25) is 0 Å². The van der Waals surface area contributed by atoms with Crippen LogP contribution in [-0.4, -0.2) is 12.0 Å². The third-order valence-electron chi connectivity index (χ3n) is 3.83. The largest absolute Gasteiger partial charge is 0.274 e. The molecule has 0 spiro atoms. The summed E-state index contributed by atoms with van der Waals surface area (Å²) in [5.74, 6) is 2.65. The van der Waals surface area contributed by atoms with Gasteiger partial charge < -0.3 is 0 Å². The summed E-state index contributed by atoms with van der Waals surface area (Å²) in [6.45, 7) is 2.10. The van der Waals surface area contributed by atoms with Gasteiger partial charge in [0.05, 0.1) is 0 Å². The van der Waals surface area contributed by atoms with Gasteiger partial charge in [-0.3, -0.25) is 9.63 Å². The van der Waals surface area contributed by atoms with E-state index in [9.17, 15) is 9.18 Å². The number of hydrogen-bond acceptors (Lipinski definition) is 2. The van der Waals surface area contributed by atoms with Gasteiger partial charge in [-0.2, -0.15) is 0 Å². The van der Waals surface area contributed by atoms with E-state index in [1.165, 1.54) is 6.17 Å². The summed E-state index contributed by atoms with van der Waals surface area (Å²) in [6, 6.07) is 8.74. The lowest BCUT2D eigenvalue weighted by Gasteiger charge is -2.22. The molecule has 0 aliphatic heterocycles. The normalized spacial score (nSPS) is 22.7. The minimum atomic E-state index is -0.592. The quantitative estimate of drug-likeness (QED) is 0.677. The van der Waals surface area contributed by atoms with Crippen molar-refractivity contribution in [2.75, 3.05) is 0 Å². The summed E-state index contributed by atoms with van der Waals surface area (Å²) in [4.78, 5) is 17.2. The van der Waals surface area contributed by atoms with E-state index in [2.05, 4.69) is 18.3 Å². The molecule has 3 atom stereocenters. The second kappa shape index (κ2) is 7.06. The molecule has 1 N–H and O–H groups in total. The Kier molecular flexibility index (Phi) is 5.14. The molecule has 0 radical (unpaired) electrons. The third kappa shape index (κ3) is 3.58. The van der Waals surface area contributed by atoms with Gasteiger partial charge in [0.15, 0.2) is 6.10 Å². The van der Waals surface area contributed by atoms with Crippen molar-refractivity contribution in [3.8, 4) is 12.1 Å². The zero-order valence-electron chi connectivity index (χ0n) is 11.4. The minimum Gasteiger partial charge on any atom is -0.267 e. The summed E-state index contributed by atoms with van der Waals surface area (Å²) in [5.41, 5.74) is 2.87. The molecule has 1 aromatic rings.